The van der Waals surface area contributed by atoms with Crippen LogP contribution in [0, 0.1) is 0 Å². The number of benzene rings is 1. The van der Waals surface area contributed by atoms with Gasteiger partial charge < -0.3 is 14.7 Å². The quantitative estimate of drug-likeness (QED) is 0.700. The van der Waals surface area contributed by atoms with Crippen LogP contribution in [0.4, 0.5) is 5.69 Å². The van der Waals surface area contributed by atoms with E-state index in [0.717, 1.165) is 0 Å². The van der Waals surface area contributed by atoms with Crippen molar-refractivity contribution in [3.05, 3.63) is 23.8 Å². The number of rotatable bonds is 8. The van der Waals surface area contributed by atoms with Crippen molar-refractivity contribution in [1.82, 2.24) is 4.90 Å². The lowest BCUT2D eigenvalue weighted by molar-refractivity contribution is -0.138. The molecule has 140 valence electrons. The Kier molecular flexibility index (Phi) is 6.32. The molecule has 0 unspecified atom stereocenters. The van der Waals surface area contributed by atoms with E-state index in [2.05, 4.69) is 0 Å². The van der Waals surface area contributed by atoms with Crippen molar-refractivity contribution < 1.29 is 29.0 Å². The molecule has 8 nitrogen and oxygen atoms in total. The van der Waals surface area contributed by atoms with E-state index in [4.69, 9.17) is 9.84 Å². The second kappa shape index (κ2) is 8.46. The summed E-state index contributed by atoms with van der Waals surface area (Å²) in [7, 11) is 0. The van der Waals surface area contributed by atoms with Crippen LogP contribution in [-0.2, 0) is 14.4 Å². The molecule has 0 aromatic heterocycles. The third-order valence-electron chi connectivity index (χ3n) is 4.17. The molecule has 1 aromatic carbocycles. The van der Waals surface area contributed by atoms with Gasteiger partial charge in [-0.1, -0.05) is 6.92 Å². The smallest absolute Gasteiger partial charge is 0.305 e. The summed E-state index contributed by atoms with van der Waals surface area (Å²) < 4.78 is 5.38. The summed E-state index contributed by atoms with van der Waals surface area (Å²) in [6, 6.07) is 4.80. The van der Waals surface area contributed by atoms with E-state index >= 15 is 0 Å². The first-order valence-electron chi connectivity index (χ1n) is 8.47. The molecule has 1 aliphatic heterocycles. The second-order valence-corrected chi connectivity index (χ2v) is 5.84. The number of carboxylic acid groups (broad SMARTS) is 1. The van der Waals surface area contributed by atoms with Crippen molar-refractivity contribution in [2.24, 2.45) is 0 Å². The first-order chi connectivity index (χ1) is 12.4. The number of carboxylic acids is 1. The van der Waals surface area contributed by atoms with E-state index in [1.54, 1.807) is 32.0 Å². The number of ether oxygens (including phenoxy) is 1. The molecule has 0 radical (unpaired) electrons. The molecule has 26 heavy (non-hydrogen) atoms. The number of carbonyl (C=O) groups is 4. The molecular weight excluding hydrogens is 340 g/mol. The minimum absolute atomic E-state index is 0.0738. The number of carbonyl (C=O) groups excluding carboxylic acids is 3. The number of hydrogen-bond acceptors (Lipinski definition) is 5. The Bertz CT molecular complexity index is 730. The molecule has 2 rings (SSSR count). The summed E-state index contributed by atoms with van der Waals surface area (Å²) in [5.41, 5.74) is 0.823. The monoisotopic (exact) mass is 362 g/mol. The molecule has 1 heterocycles. The summed E-state index contributed by atoms with van der Waals surface area (Å²) in [5, 5.41) is 8.79. The normalized spacial score (nSPS) is 13.0. The zero-order valence-electron chi connectivity index (χ0n) is 14.9. The summed E-state index contributed by atoms with van der Waals surface area (Å²) in [6.07, 6.45) is 0.160. The number of nitrogens with zero attached hydrogens (tertiary/aromatic N) is 2. The Labute approximate surface area is 151 Å². The first-order valence-corrected chi connectivity index (χ1v) is 8.47. The maximum absolute atomic E-state index is 12.5. The largest absolute Gasteiger partial charge is 0.482 e. The highest BCUT2D eigenvalue weighted by Crippen LogP contribution is 2.33. The summed E-state index contributed by atoms with van der Waals surface area (Å²) in [4.78, 5) is 50.1. The van der Waals surface area contributed by atoms with Crippen molar-refractivity contribution in [3.63, 3.8) is 0 Å². The van der Waals surface area contributed by atoms with Crippen molar-refractivity contribution >= 4 is 29.3 Å². The van der Waals surface area contributed by atoms with Crippen LogP contribution in [-0.4, -0.2) is 59.8 Å². The van der Waals surface area contributed by atoms with Gasteiger partial charge in [-0.15, -0.1) is 0 Å². The maximum atomic E-state index is 12.5. The number of anilines is 1. The number of amides is 2. The molecule has 0 bridgehead atoms. The zero-order valence-corrected chi connectivity index (χ0v) is 14.9. The Morgan fingerprint density at radius 1 is 1.27 bits per heavy atom. The van der Waals surface area contributed by atoms with E-state index in [1.165, 1.54) is 9.80 Å². The molecule has 1 aromatic rings. The molecular formula is C18H22N2O6. The molecule has 1 aliphatic rings. The minimum Gasteiger partial charge on any atom is -0.482 e. The average molecular weight is 362 g/mol. The topological polar surface area (TPSA) is 104 Å². The number of fused-ring (bicyclic) bond motifs is 1. The van der Waals surface area contributed by atoms with Crippen LogP contribution in [0.2, 0.25) is 0 Å². The third-order valence-corrected chi connectivity index (χ3v) is 4.17. The fraction of sp³-hybridized carbons (Fsp3) is 0.444. The summed E-state index contributed by atoms with van der Waals surface area (Å²) >= 11 is 0. The van der Waals surface area contributed by atoms with Crippen molar-refractivity contribution in [1.29, 1.82) is 0 Å². The standard InChI is InChI=1S/C18H22N2O6/c1-3-14(21)12-5-6-15-13(9-12)20(17(23)11-26-15)10-16(22)19(4-2)8-7-18(24)25/h5-6,9H,3-4,7-8,10-11H2,1-2H3,(H,24,25). The van der Waals surface area contributed by atoms with E-state index < -0.39 is 5.97 Å². The summed E-state index contributed by atoms with van der Waals surface area (Å²) in [6.45, 7) is 3.48. The van der Waals surface area contributed by atoms with E-state index in [0.29, 0.717) is 30.0 Å². The van der Waals surface area contributed by atoms with Crippen LogP contribution in [0.3, 0.4) is 0 Å². The van der Waals surface area contributed by atoms with Crippen molar-refractivity contribution in [2.45, 2.75) is 26.7 Å². The second-order valence-electron chi connectivity index (χ2n) is 5.84. The predicted octanol–water partition coefficient (Wildman–Crippen LogP) is 1.33. The van der Waals surface area contributed by atoms with Gasteiger partial charge in [-0.2, -0.15) is 0 Å². The average Bonchev–Trinajstić information content (AvgIpc) is 2.63. The molecule has 8 heteroatoms. The van der Waals surface area contributed by atoms with E-state index in [1.807, 2.05) is 0 Å². The Morgan fingerprint density at radius 2 is 2.00 bits per heavy atom. The molecule has 0 saturated carbocycles. The van der Waals surface area contributed by atoms with Crippen molar-refractivity contribution in [3.8, 4) is 5.75 Å². The van der Waals surface area contributed by atoms with Gasteiger partial charge in [0.2, 0.25) is 5.91 Å². The highest BCUT2D eigenvalue weighted by atomic mass is 16.5. The van der Waals surface area contributed by atoms with Gasteiger partial charge in [0.25, 0.3) is 5.91 Å². The van der Waals surface area contributed by atoms with Crippen LogP contribution in [0.25, 0.3) is 0 Å². The minimum atomic E-state index is -0.994. The lowest BCUT2D eigenvalue weighted by Gasteiger charge is -2.31. The third kappa shape index (κ3) is 4.38. The van der Waals surface area contributed by atoms with Gasteiger partial charge in [-0.3, -0.25) is 24.1 Å². The number of likely N-dealkylation sites (N-methyl/N-ethyl adjacent to an activating group) is 1. The van der Waals surface area contributed by atoms with Crippen molar-refractivity contribution in [2.75, 3.05) is 31.1 Å². The van der Waals surface area contributed by atoms with Gasteiger partial charge in [0, 0.05) is 25.1 Å². The van der Waals surface area contributed by atoms with Gasteiger partial charge in [0.05, 0.1) is 12.1 Å². The molecule has 0 fully saturated rings. The Hall–Kier alpha value is -2.90. The van der Waals surface area contributed by atoms with Crippen LogP contribution >= 0.6 is 0 Å². The number of aliphatic carboxylic acids is 1. The molecule has 1 N–H and O–H groups in total. The number of ketones is 1. The molecule has 0 atom stereocenters. The molecule has 2 amide bonds. The maximum Gasteiger partial charge on any atom is 0.305 e. The fourth-order valence-electron chi connectivity index (χ4n) is 2.68. The Morgan fingerprint density at radius 3 is 2.62 bits per heavy atom. The number of hydrogen-bond donors (Lipinski definition) is 1. The van der Waals surface area contributed by atoms with Crippen LogP contribution in [0.1, 0.15) is 37.0 Å². The highest BCUT2D eigenvalue weighted by molar-refractivity contribution is 6.04. The zero-order chi connectivity index (χ0) is 19.3. The van der Waals surface area contributed by atoms with Gasteiger partial charge in [-0.05, 0) is 25.1 Å². The van der Waals surface area contributed by atoms with Gasteiger partial charge in [0.15, 0.2) is 12.4 Å². The van der Waals surface area contributed by atoms with Crippen LogP contribution in [0.5, 0.6) is 5.75 Å². The van der Waals surface area contributed by atoms with Gasteiger partial charge in [-0.25, -0.2) is 0 Å². The highest BCUT2D eigenvalue weighted by Gasteiger charge is 2.29. The van der Waals surface area contributed by atoms with Gasteiger partial charge >= 0.3 is 5.97 Å². The molecule has 0 aliphatic carbocycles. The first kappa shape index (κ1) is 19.4. The van der Waals surface area contributed by atoms with E-state index in [9.17, 15) is 19.2 Å². The van der Waals surface area contributed by atoms with Gasteiger partial charge in [0.1, 0.15) is 12.3 Å². The Balaban J connectivity index is 2.23. The lowest BCUT2D eigenvalue weighted by atomic mass is 10.1. The lowest BCUT2D eigenvalue weighted by Crippen LogP contribution is -2.47. The summed E-state index contributed by atoms with van der Waals surface area (Å²) in [5.74, 6) is -1.39. The predicted molar refractivity (Wildman–Crippen MR) is 93.4 cm³/mol. The molecule has 0 saturated heterocycles. The number of Topliss-reactive ketones (excluding diaryl/α,β-unsaturated/α-hetero) is 1. The molecule has 0 spiro atoms. The SMILES string of the molecule is CCC(=O)c1ccc2c(c1)N(CC(=O)N(CC)CCC(=O)O)C(=O)CO2. The fourth-order valence-corrected chi connectivity index (χ4v) is 2.68. The van der Waals surface area contributed by atoms with Crippen LogP contribution in [0.15, 0.2) is 18.2 Å². The van der Waals surface area contributed by atoms with E-state index in [-0.39, 0.29) is 43.7 Å². The van der Waals surface area contributed by atoms with Crippen LogP contribution < -0.4 is 9.64 Å².